The number of carbonyl (C=O) groups is 1. The minimum atomic E-state index is -0.334. The molecule has 116 valence electrons. The number of methoxy groups -OCH3 is 1. The Morgan fingerprint density at radius 1 is 1.23 bits per heavy atom. The number of thiophene rings is 1. The number of hydrogen-bond acceptors (Lipinski definition) is 4. The van der Waals surface area contributed by atoms with Crippen LogP contribution in [0.4, 0.5) is 5.69 Å². The Morgan fingerprint density at radius 3 is 2.64 bits per heavy atom. The van der Waals surface area contributed by atoms with E-state index in [1.165, 1.54) is 18.4 Å². The molecule has 0 bridgehead atoms. The second-order valence-corrected chi connectivity index (χ2v) is 6.54. The van der Waals surface area contributed by atoms with Gasteiger partial charge in [-0.3, -0.25) is 15.6 Å². The first-order valence-electron chi connectivity index (χ1n) is 5.96. The molecule has 3 N–H and O–H groups in total. The first-order valence-corrected chi connectivity index (χ1v) is 7.94. The molecule has 0 radical (unpaired) electrons. The predicted molar refractivity (Wildman–Crippen MR) is 94.2 cm³/mol. The molecular formula is C13H11Cl2N3O2S2. The molecule has 1 amide bonds. The molecule has 9 heteroatoms. The highest BCUT2D eigenvalue weighted by Gasteiger charge is 2.10. The van der Waals surface area contributed by atoms with Gasteiger partial charge in [-0.2, -0.15) is 0 Å². The fourth-order valence-electron chi connectivity index (χ4n) is 1.54. The number of hydrogen-bond donors (Lipinski definition) is 3. The van der Waals surface area contributed by atoms with Gasteiger partial charge < -0.3 is 10.1 Å². The number of benzene rings is 1. The highest BCUT2D eigenvalue weighted by molar-refractivity contribution is 7.80. The summed E-state index contributed by atoms with van der Waals surface area (Å²) in [5.74, 6) is 0.240. The zero-order valence-corrected chi connectivity index (χ0v) is 14.4. The van der Waals surface area contributed by atoms with Gasteiger partial charge in [-0.15, -0.1) is 11.3 Å². The van der Waals surface area contributed by atoms with Crippen LogP contribution >= 0.6 is 46.8 Å². The van der Waals surface area contributed by atoms with E-state index in [0.29, 0.717) is 25.7 Å². The van der Waals surface area contributed by atoms with E-state index >= 15 is 0 Å². The summed E-state index contributed by atoms with van der Waals surface area (Å²) in [6, 6.07) is 8.34. The summed E-state index contributed by atoms with van der Waals surface area (Å²) in [7, 11) is 1.53. The van der Waals surface area contributed by atoms with Crippen LogP contribution in [0.1, 0.15) is 9.67 Å². The van der Waals surface area contributed by atoms with Crippen molar-refractivity contribution in [3.63, 3.8) is 0 Å². The number of rotatable bonds is 3. The van der Waals surface area contributed by atoms with Crippen molar-refractivity contribution in [3.8, 4) is 5.75 Å². The highest BCUT2D eigenvalue weighted by Crippen LogP contribution is 2.27. The Labute approximate surface area is 146 Å². The van der Waals surface area contributed by atoms with Crippen molar-refractivity contribution in [1.82, 2.24) is 10.9 Å². The second-order valence-electron chi connectivity index (χ2n) is 3.98. The maximum absolute atomic E-state index is 11.8. The second kappa shape index (κ2) is 7.64. The average molecular weight is 376 g/mol. The first-order chi connectivity index (χ1) is 10.5. The molecule has 0 saturated carbocycles. The molecule has 2 aromatic rings. The van der Waals surface area contributed by atoms with Gasteiger partial charge in [-0.25, -0.2) is 0 Å². The van der Waals surface area contributed by atoms with E-state index in [-0.39, 0.29) is 11.0 Å². The molecule has 22 heavy (non-hydrogen) atoms. The fourth-order valence-corrected chi connectivity index (χ4v) is 2.81. The Bertz CT molecular complexity index is 706. The Balaban J connectivity index is 1.93. The quantitative estimate of drug-likeness (QED) is 0.563. The van der Waals surface area contributed by atoms with Gasteiger partial charge in [0.15, 0.2) is 5.11 Å². The van der Waals surface area contributed by atoms with E-state index < -0.39 is 0 Å². The van der Waals surface area contributed by atoms with Crippen molar-refractivity contribution >= 4 is 63.5 Å². The van der Waals surface area contributed by atoms with Crippen LogP contribution < -0.4 is 20.9 Å². The van der Waals surface area contributed by atoms with Crippen LogP contribution in [0.3, 0.4) is 0 Å². The van der Waals surface area contributed by atoms with Gasteiger partial charge in [0, 0.05) is 5.02 Å². The van der Waals surface area contributed by atoms with Gasteiger partial charge in [-0.1, -0.05) is 23.2 Å². The third-order valence-corrected chi connectivity index (χ3v) is 4.17. The fraction of sp³-hybridized carbons (Fsp3) is 0.0769. The zero-order chi connectivity index (χ0) is 16.1. The monoisotopic (exact) mass is 375 g/mol. The maximum Gasteiger partial charge on any atom is 0.279 e. The lowest BCUT2D eigenvalue weighted by Gasteiger charge is -2.14. The van der Waals surface area contributed by atoms with Gasteiger partial charge >= 0.3 is 0 Å². The maximum atomic E-state index is 11.8. The first kappa shape index (κ1) is 16.8. The minimum Gasteiger partial charge on any atom is -0.495 e. The molecule has 0 fully saturated rings. The van der Waals surface area contributed by atoms with Crippen molar-refractivity contribution in [1.29, 1.82) is 0 Å². The van der Waals surface area contributed by atoms with Crippen LogP contribution in [-0.4, -0.2) is 18.1 Å². The standard InChI is InChI=1S/C13H11Cl2N3O2S2/c1-20-9-3-2-7(14)6-8(9)16-13(21)18-17-12(19)10-4-5-11(15)22-10/h2-6H,1H3,(H,17,19)(H2,16,18,21). The summed E-state index contributed by atoms with van der Waals surface area (Å²) in [4.78, 5) is 12.3. The zero-order valence-electron chi connectivity index (χ0n) is 11.3. The third kappa shape index (κ3) is 4.48. The van der Waals surface area contributed by atoms with Crippen molar-refractivity contribution in [2.75, 3.05) is 12.4 Å². The molecular weight excluding hydrogens is 365 g/mol. The van der Waals surface area contributed by atoms with E-state index in [4.69, 9.17) is 40.2 Å². The summed E-state index contributed by atoms with van der Waals surface area (Å²) in [5, 5.41) is 3.61. The smallest absolute Gasteiger partial charge is 0.279 e. The topological polar surface area (TPSA) is 62.4 Å². The lowest BCUT2D eigenvalue weighted by molar-refractivity contribution is 0.0948. The van der Waals surface area contributed by atoms with Crippen molar-refractivity contribution in [3.05, 3.63) is 44.6 Å². The minimum absolute atomic E-state index is 0.191. The molecule has 0 atom stereocenters. The number of thiocarbonyl (C=S) groups is 1. The number of hydrazine groups is 1. The molecule has 0 aliphatic rings. The van der Waals surface area contributed by atoms with E-state index in [2.05, 4.69) is 16.2 Å². The number of nitrogens with one attached hydrogen (secondary N) is 3. The van der Waals surface area contributed by atoms with Gasteiger partial charge in [0.25, 0.3) is 5.91 Å². The lowest BCUT2D eigenvalue weighted by atomic mass is 10.3. The molecule has 0 aliphatic heterocycles. The number of anilines is 1. The summed E-state index contributed by atoms with van der Waals surface area (Å²) in [6.07, 6.45) is 0. The summed E-state index contributed by atoms with van der Waals surface area (Å²) < 4.78 is 5.73. The molecule has 2 rings (SSSR count). The van der Waals surface area contributed by atoms with Crippen LogP contribution in [0.15, 0.2) is 30.3 Å². The molecule has 5 nitrogen and oxygen atoms in total. The molecule has 0 unspecified atom stereocenters. The van der Waals surface area contributed by atoms with E-state index in [1.54, 1.807) is 30.3 Å². The normalized spacial score (nSPS) is 9.95. The van der Waals surface area contributed by atoms with Crippen molar-refractivity contribution in [2.24, 2.45) is 0 Å². The molecule has 1 aromatic carbocycles. The van der Waals surface area contributed by atoms with Gasteiger partial charge in [-0.05, 0) is 42.5 Å². The van der Waals surface area contributed by atoms with Gasteiger partial charge in [0.2, 0.25) is 0 Å². The lowest BCUT2D eigenvalue weighted by Crippen LogP contribution is -2.43. The SMILES string of the molecule is COc1ccc(Cl)cc1NC(=S)NNC(=O)c1ccc(Cl)s1. The third-order valence-electron chi connectivity index (χ3n) is 2.50. The number of ether oxygens (including phenoxy) is 1. The Kier molecular flexibility index (Phi) is 5.84. The molecule has 1 heterocycles. The Morgan fingerprint density at radius 2 is 2.00 bits per heavy atom. The molecule has 0 spiro atoms. The molecule has 0 aliphatic carbocycles. The largest absolute Gasteiger partial charge is 0.495 e. The number of halogens is 2. The van der Waals surface area contributed by atoms with Crippen LogP contribution in [-0.2, 0) is 0 Å². The van der Waals surface area contributed by atoms with Gasteiger partial charge in [0.1, 0.15) is 5.75 Å². The molecule has 1 aromatic heterocycles. The van der Waals surface area contributed by atoms with Crippen molar-refractivity contribution in [2.45, 2.75) is 0 Å². The summed E-state index contributed by atoms with van der Waals surface area (Å²) in [5.41, 5.74) is 5.65. The number of amides is 1. The number of carbonyl (C=O) groups excluding carboxylic acids is 1. The summed E-state index contributed by atoms with van der Waals surface area (Å²) >= 11 is 18.0. The van der Waals surface area contributed by atoms with E-state index in [1.807, 2.05) is 0 Å². The van der Waals surface area contributed by atoms with Gasteiger partial charge in [0.05, 0.1) is 22.0 Å². The van der Waals surface area contributed by atoms with Crippen molar-refractivity contribution < 1.29 is 9.53 Å². The van der Waals surface area contributed by atoms with E-state index in [9.17, 15) is 4.79 Å². The van der Waals surface area contributed by atoms with Crippen LogP contribution in [0, 0.1) is 0 Å². The van der Waals surface area contributed by atoms with E-state index in [0.717, 1.165) is 0 Å². The van der Waals surface area contributed by atoms with Crippen LogP contribution in [0.5, 0.6) is 5.75 Å². The highest BCUT2D eigenvalue weighted by atomic mass is 35.5. The Hall–Kier alpha value is -1.54. The van der Waals surface area contributed by atoms with Crippen LogP contribution in [0.2, 0.25) is 9.36 Å². The molecule has 0 saturated heterocycles. The summed E-state index contributed by atoms with van der Waals surface area (Å²) in [6.45, 7) is 0. The average Bonchev–Trinajstić information content (AvgIpc) is 2.92. The van der Waals surface area contributed by atoms with Crippen LogP contribution in [0.25, 0.3) is 0 Å². The predicted octanol–water partition coefficient (Wildman–Crippen LogP) is 3.69.